The van der Waals surface area contributed by atoms with Crippen LogP contribution in [-0.2, 0) is 0 Å². The minimum absolute atomic E-state index is 0.244. The molecule has 0 saturated carbocycles. The van der Waals surface area contributed by atoms with E-state index in [4.69, 9.17) is 16.7 Å². The molecular formula is C10H14ClN3O. The highest BCUT2D eigenvalue weighted by molar-refractivity contribution is 6.29. The minimum atomic E-state index is 0.244. The Balaban J connectivity index is 2.16. The highest BCUT2D eigenvalue weighted by Crippen LogP contribution is 2.23. The second-order valence-electron chi connectivity index (χ2n) is 3.88. The van der Waals surface area contributed by atoms with Gasteiger partial charge in [0, 0.05) is 31.7 Å². The van der Waals surface area contributed by atoms with Crippen LogP contribution in [0.25, 0.3) is 0 Å². The van der Waals surface area contributed by atoms with Crippen LogP contribution in [0.1, 0.15) is 12.2 Å². The van der Waals surface area contributed by atoms with Crippen LogP contribution in [0.3, 0.4) is 0 Å². The second kappa shape index (κ2) is 4.33. The summed E-state index contributed by atoms with van der Waals surface area (Å²) in [6.45, 7) is 3.85. The number of halogens is 1. The van der Waals surface area contributed by atoms with E-state index in [1.165, 1.54) is 0 Å². The van der Waals surface area contributed by atoms with E-state index in [2.05, 4.69) is 14.9 Å². The number of hydrogen-bond acceptors (Lipinski definition) is 4. The molecule has 1 saturated heterocycles. The fourth-order valence-corrected chi connectivity index (χ4v) is 2.09. The predicted octanol–water partition coefficient (Wildman–Crippen LogP) is 1.26. The van der Waals surface area contributed by atoms with Gasteiger partial charge < -0.3 is 10.0 Å². The first-order valence-corrected chi connectivity index (χ1v) is 5.44. The molecule has 1 aliphatic rings. The first kappa shape index (κ1) is 10.6. The van der Waals surface area contributed by atoms with Gasteiger partial charge in [-0.25, -0.2) is 9.97 Å². The largest absolute Gasteiger partial charge is 0.396 e. The van der Waals surface area contributed by atoms with Crippen LogP contribution in [0.4, 0.5) is 5.82 Å². The fraction of sp³-hybridized carbons (Fsp3) is 0.600. The SMILES string of the molecule is Cc1nc(Cl)cc(N2CC[C@H](CO)C2)n1. The van der Waals surface area contributed by atoms with Gasteiger partial charge in [0.2, 0.25) is 0 Å². The molecular weight excluding hydrogens is 214 g/mol. The van der Waals surface area contributed by atoms with Gasteiger partial charge in [-0.3, -0.25) is 0 Å². The van der Waals surface area contributed by atoms with E-state index >= 15 is 0 Å². The molecule has 0 radical (unpaired) electrons. The van der Waals surface area contributed by atoms with Gasteiger partial charge >= 0.3 is 0 Å². The lowest BCUT2D eigenvalue weighted by atomic mass is 10.1. The minimum Gasteiger partial charge on any atom is -0.396 e. The molecule has 0 amide bonds. The van der Waals surface area contributed by atoms with Crippen molar-refractivity contribution < 1.29 is 5.11 Å². The molecule has 82 valence electrons. The van der Waals surface area contributed by atoms with Gasteiger partial charge in [-0.15, -0.1) is 0 Å². The van der Waals surface area contributed by atoms with Crippen molar-refractivity contribution in [3.63, 3.8) is 0 Å². The van der Waals surface area contributed by atoms with E-state index in [0.29, 0.717) is 16.9 Å². The Kier molecular flexibility index (Phi) is 3.07. The summed E-state index contributed by atoms with van der Waals surface area (Å²) in [7, 11) is 0. The third-order valence-corrected chi connectivity index (χ3v) is 2.85. The normalized spacial score (nSPS) is 21.0. The maximum absolute atomic E-state index is 9.05. The maximum Gasteiger partial charge on any atom is 0.134 e. The average Bonchev–Trinajstić information content (AvgIpc) is 2.64. The summed E-state index contributed by atoms with van der Waals surface area (Å²) in [5, 5.41) is 9.53. The van der Waals surface area contributed by atoms with Crippen molar-refractivity contribution >= 4 is 17.4 Å². The number of nitrogens with zero attached hydrogens (tertiary/aromatic N) is 3. The van der Waals surface area contributed by atoms with Gasteiger partial charge in [0.15, 0.2) is 0 Å². The molecule has 4 nitrogen and oxygen atoms in total. The zero-order valence-corrected chi connectivity index (χ0v) is 9.41. The van der Waals surface area contributed by atoms with Crippen LogP contribution in [0.2, 0.25) is 5.15 Å². The number of hydrogen-bond donors (Lipinski definition) is 1. The molecule has 1 aromatic rings. The molecule has 1 fully saturated rings. The zero-order chi connectivity index (χ0) is 10.8. The second-order valence-corrected chi connectivity index (χ2v) is 4.27. The van der Waals surface area contributed by atoms with Gasteiger partial charge in [-0.1, -0.05) is 11.6 Å². The first-order valence-electron chi connectivity index (χ1n) is 5.06. The summed E-state index contributed by atoms with van der Waals surface area (Å²) in [5.41, 5.74) is 0. The Morgan fingerprint density at radius 2 is 2.40 bits per heavy atom. The van der Waals surface area contributed by atoms with Crippen LogP contribution < -0.4 is 4.90 Å². The molecule has 1 aromatic heterocycles. The molecule has 2 heterocycles. The molecule has 0 aliphatic carbocycles. The maximum atomic E-state index is 9.05. The molecule has 15 heavy (non-hydrogen) atoms. The van der Waals surface area contributed by atoms with Crippen molar-refractivity contribution in [2.24, 2.45) is 5.92 Å². The predicted molar refractivity (Wildman–Crippen MR) is 59.2 cm³/mol. The molecule has 5 heteroatoms. The third kappa shape index (κ3) is 2.38. The summed E-state index contributed by atoms with van der Waals surface area (Å²) in [6.07, 6.45) is 1.01. The van der Waals surface area contributed by atoms with Crippen molar-refractivity contribution in [3.05, 3.63) is 17.0 Å². The van der Waals surface area contributed by atoms with E-state index in [-0.39, 0.29) is 6.61 Å². The lowest BCUT2D eigenvalue weighted by molar-refractivity contribution is 0.238. The molecule has 0 aromatic carbocycles. The molecule has 1 atom stereocenters. The van der Waals surface area contributed by atoms with E-state index in [9.17, 15) is 0 Å². The van der Waals surface area contributed by atoms with Crippen LogP contribution in [0.5, 0.6) is 0 Å². The van der Waals surface area contributed by atoms with Crippen molar-refractivity contribution in [2.75, 3.05) is 24.6 Å². The lowest BCUT2D eigenvalue weighted by Gasteiger charge is -2.17. The van der Waals surface area contributed by atoms with Crippen LogP contribution in [-0.4, -0.2) is 34.8 Å². The summed E-state index contributed by atoms with van der Waals surface area (Å²) in [5.74, 6) is 1.91. The summed E-state index contributed by atoms with van der Waals surface area (Å²) in [4.78, 5) is 10.5. The zero-order valence-electron chi connectivity index (χ0n) is 8.65. The average molecular weight is 228 g/mol. The lowest BCUT2D eigenvalue weighted by Crippen LogP contribution is -2.22. The fourth-order valence-electron chi connectivity index (χ4n) is 1.87. The Bertz CT molecular complexity index is 338. The molecule has 2 rings (SSSR count). The van der Waals surface area contributed by atoms with E-state index < -0.39 is 0 Å². The van der Waals surface area contributed by atoms with Gasteiger partial charge in [0.25, 0.3) is 0 Å². The Hall–Kier alpha value is -0.870. The van der Waals surface area contributed by atoms with Crippen molar-refractivity contribution in [1.82, 2.24) is 9.97 Å². The number of aromatic nitrogens is 2. The van der Waals surface area contributed by atoms with E-state index in [0.717, 1.165) is 25.3 Å². The number of rotatable bonds is 2. The van der Waals surface area contributed by atoms with Crippen LogP contribution in [0, 0.1) is 12.8 Å². The quantitative estimate of drug-likeness (QED) is 0.773. The highest BCUT2D eigenvalue weighted by atomic mass is 35.5. The topological polar surface area (TPSA) is 49.2 Å². The number of aryl methyl sites for hydroxylation is 1. The van der Waals surface area contributed by atoms with E-state index in [1.54, 1.807) is 6.07 Å². The van der Waals surface area contributed by atoms with Gasteiger partial charge in [-0.2, -0.15) is 0 Å². The Labute approximate surface area is 93.9 Å². The molecule has 1 N–H and O–H groups in total. The van der Waals surface area contributed by atoms with E-state index in [1.807, 2.05) is 6.92 Å². The van der Waals surface area contributed by atoms with Crippen LogP contribution >= 0.6 is 11.6 Å². The Morgan fingerprint density at radius 1 is 1.60 bits per heavy atom. The number of anilines is 1. The smallest absolute Gasteiger partial charge is 0.134 e. The molecule has 0 unspecified atom stereocenters. The van der Waals surface area contributed by atoms with Gasteiger partial charge in [0.1, 0.15) is 16.8 Å². The molecule has 0 bridgehead atoms. The standard InChI is InChI=1S/C10H14ClN3O/c1-7-12-9(11)4-10(13-7)14-3-2-8(5-14)6-15/h4,8,15H,2-3,5-6H2,1H3/t8-/m0/s1. The summed E-state index contributed by atoms with van der Waals surface area (Å²) < 4.78 is 0. The summed E-state index contributed by atoms with van der Waals surface area (Å²) in [6, 6.07) is 1.77. The monoisotopic (exact) mass is 227 g/mol. The molecule has 0 spiro atoms. The third-order valence-electron chi connectivity index (χ3n) is 2.66. The summed E-state index contributed by atoms with van der Waals surface area (Å²) >= 11 is 5.87. The van der Waals surface area contributed by atoms with Gasteiger partial charge in [0.05, 0.1) is 0 Å². The van der Waals surface area contributed by atoms with Crippen molar-refractivity contribution in [2.45, 2.75) is 13.3 Å². The van der Waals surface area contributed by atoms with Crippen LogP contribution in [0.15, 0.2) is 6.07 Å². The van der Waals surface area contributed by atoms with Gasteiger partial charge in [-0.05, 0) is 13.3 Å². The molecule has 1 aliphatic heterocycles. The van der Waals surface area contributed by atoms with Crippen molar-refractivity contribution in [1.29, 1.82) is 0 Å². The number of aliphatic hydroxyl groups excluding tert-OH is 1. The number of aliphatic hydroxyl groups is 1. The highest BCUT2D eigenvalue weighted by Gasteiger charge is 2.23. The first-order chi connectivity index (χ1) is 7.19. The van der Waals surface area contributed by atoms with Crippen molar-refractivity contribution in [3.8, 4) is 0 Å². The Morgan fingerprint density at radius 3 is 3.00 bits per heavy atom.